The first-order valence-electron chi connectivity index (χ1n) is 3.30. The second kappa shape index (κ2) is 3.00. The molecule has 0 saturated heterocycles. The number of hydrogen-bond acceptors (Lipinski definition) is 3. The molecule has 0 aromatic carbocycles. The molecular weight excluding hydrogens is 148 g/mol. The van der Waals surface area contributed by atoms with Crippen molar-refractivity contribution in [3.63, 3.8) is 0 Å². The third kappa shape index (κ3) is 1.57. The quantitative estimate of drug-likeness (QED) is 0.572. The van der Waals surface area contributed by atoms with Crippen LogP contribution in [0.5, 0.6) is 0 Å². The van der Waals surface area contributed by atoms with Crippen LogP contribution in [0.3, 0.4) is 0 Å². The molecule has 0 aliphatic heterocycles. The zero-order valence-corrected chi connectivity index (χ0v) is 6.79. The summed E-state index contributed by atoms with van der Waals surface area (Å²) in [5, 5.41) is 17.8. The van der Waals surface area contributed by atoms with Crippen LogP contribution in [0.1, 0.15) is 20.8 Å². The molecule has 0 amide bonds. The highest BCUT2D eigenvalue weighted by molar-refractivity contribution is 6.05. The van der Waals surface area contributed by atoms with Crippen molar-refractivity contribution >= 4 is 11.8 Å². The first-order valence-corrected chi connectivity index (χ1v) is 3.30. The van der Waals surface area contributed by atoms with Crippen molar-refractivity contribution in [3.8, 4) is 0 Å². The maximum atomic E-state index is 10.7. The highest BCUT2D eigenvalue weighted by Gasteiger charge is 2.44. The second-order valence-corrected chi connectivity index (χ2v) is 2.78. The number of carbonyl (C=O) groups excluding carboxylic acids is 1. The van der Waals surface area contributed by atoms with Gasteiger partial charge < -0.3 is 10.2 Å². The fraction of sp³-hybridized carbons (Fsp3) is 0.714. The molecule has 64 valence electrons. The molecule has 0 fully saturated rings. The zero-order valence-electron chi connectivity index (χ0n) is 6.79. The summed E-state index contributed by atoms with van der Waals surface area (Å²) >= 11 is 0. The Kier molecular flexibility index (Phi) is 2.76. The molecule has 2 N–H and O–H groups in total. The van der Waals surface area contributed by atoms with E-state index in [1.807, 2.05) is 0 Å². The average Bonchev–Trinajstić information content (AvgIpc) is 1.84. The fourth-order valence-electron chi connectivity index (χ4n) is 0.804. The van der Waals surface area contributed by atoms with Gasteiger partial charge in [0.15, 0.2) is 5.78 Å². The predicted octanol–water partition coefficient (Wildman–Crippen LogP) is 0.0471. The Hall–Kier alpha value is -0.900. The summed E-state index contributed by atoms with van der Waals surface area (Å²) in [7, 11) is 0. The Morgan fingerprint density at radius 3 is 1.73 bits per heavy atom. The molecule has 0 aliphatic rings. The smallest absolute Gasteiger partial charge is 0.343 e. The van der Waals surface area contributed by atoms with E-state index in [1.165, 1.54) is 13.8 Å². The number of Topliss-reactive ketones (excluding diaryl/α,β-unsaturated/α-hetero) is 1. The van der Waals surface area contributed by atoms with Crippen LogP contribution >= 0.6 is 0 Å². The molecule has 1 atom stereocenters. The van der Waals surface area contributed by atoms with Gasteiger partial charge in [0.05, 0.1) is 0 Å². The van der Waals surface area contributed by atoms with Crippen molar-refractivity contribution in [2.75, 3.05) is 0 Å². The Morgan fingerprint density at radius 1 is 1.36 bits per heavy atom. The van der Waals surface area contributed by atoms with Gasteiger partial charge in [-0.05, 0) is 6.92 Å². The second-order valence-electron chi connectivity index (χ2n) is 2.78. The van der Waals surface area contributed by atoms with Crippen LogP contribution in [0, 0.1) is 5.92 Å². The number of aliphatic hydroxyl groups is 1. The summed E-state index contributed by atoms with van der Waals surface area (Å²) < 4.78 is 0. The molecule has 0 saturated carbocycles. The SMILES string of the molecule is CC(=O)C(O)(C(=O)O)C(C)C. The lowest BCUT2D eigenvalue weighted by Crippen LogP contribution is -2.49. The standard InChI is InChI=1S/C7H12O4/c1-4(2)7(11,5(3)8)6(9)10/h4,11H,1-3H3,(H,9,10). The number of carboxylic acids is 1. The van der Waals surface area contributed by atoms with Gasteiger partial charge in [-0.2, -0.15) is 0 Å². The minimum absolute atomic E-state index is 0.613. The monoisotopic (exact) mass is 160 g/mol. The Morgan fingerprint density at radius 2 is 1.73 bits per heavy atom. The van der Waals surface area contributed by atoms with Crippen LogP contribution in [0.2, 0.25) is 0 Å². The van der Waals surface area contributed by atoms with Crippen LogP contribution in [0.25, 0.3) is 0 Å². The number of aliphatic carboxylic acids is 1. The summed E-state index contributed by atoms with van der Waals surface area (Å²) in [5.74, 6) is -2.84. The molecule has 0 aliphatic carbocycles. The number of carboxylic acid groups (broad SMARTS) is 1. The van der Waals surface area contributed by atoms with E-state index < -0.39 is 23.3 Å². The van der Waals surface area contributed by atoms with E-state index >= 15 is 0 Å². The number of ketones is 1. The third-order valence-corrected chi connectivity index (χ3v) is 1.70. The Balaban J connectivity index is 4.82. The molecular formula is C7H12O4. The number of rotatable bonds is 3. The first kappa shape index (κ1) is 10.1. The van der Waals surface area contributed by atoms with Gasteiger partial charge in [0, 0.05) is 5.92 Å². The number of hydrogen-bond donors (Lipinski definition) is 2. The minimum atomic E-state index is -2.22. The van der Waals surface area contributed by atoms with E-state index in [-0.39, 0.29) is 0 Å². The van der Waals surface area contributed by atoms with Crippen LogP contribution in [0.4, 0.5) is 0 Å². The fourth-order valence-corrected chi connectivity index (χ4v) is 0.804. The van der Waals surface area contributed by atoms with Crippen LogP contribution < -0.4 is 0 Å². The van der Waals surface area contributed by atoms with E-state index in [0.717, 1.165) is 6.92 Å². The summed E-state index contributed by atoms with van der Waals surface area (Å²) in [6.45, 7) is 4.03. The molecule has 0 radical (unpaired) electrons. The van der Waals surface area contributed by atoms with Gasteiger partial charge >= 0.3 is 5.97 Å². The lowest BCUT2D eigenvalue weighted by atomic mass is 9.87. The van der Waals surface area contributed by atoms with E-state index in [9.17, 15) is 14.7 Å². The van der Waals surface area contributed by atoms with E-state index in [2.05, 4.69) is 0 Å². The third-order valence-electron chi connectivity index (χ3n) is 1.70. The van der Waals surface area contributed by atoms with Crippen molar-refractivity contribution in [1.29, 1.82) is 0 Å². The summed E-state index contributed by atoms with van der Waals surface area (Å²) in [6.07, 6.45) is 0. The topological polar surface area (TPSA) is 74.6 Å². The lowest BCUT2D eigenvalue weighted by molar-refractivity contribution is -0.169. The van der Waals surface area contributed by atoms with Crippen LogP contribution in [-0.4, -0.2) is 27.6 Å². The highest BCUT2D eigenvalue weighted by atomic mass is 16.4. The molecule has 1 unspecified atom stereocenters. The summed E-state index contributed by atoms with van der Waals surface area (Å²) in [4.78, 5) is 21.2. The van der Waals surface area contributed by atoms with Gasteiger partial charge in [0.25, 0.3) is 0 Å². The van der Waals surface area contributed by atoms with Crippen molar-refractivity contribution < 1.29 is 19.8 Å². The summed E-state index contributed by atoms with van der Waals surface area (Å²) in [5.41, 5.74) is -2.22. The molecule has 0 bridgehead atoms. The van der Waals surface area contributed by atoms with Gasteiger partial charge in [0.2, 0.25) is 5.60 Å². The predicted molar refractivity (Wildman–Crippen MR) is 38.1 cm³/mol. The number of carbonyl (C=O) groups is 2. The normalized spacial score (nSPS) is 16.1. The van der Waals surface area contributed by atoms with Gasteiger partial charge in [-0.3, -0.25) is 4.79 Å². The maximum absolute atomic E-state index is 10.7. The molecule has 0 heterocycles. The molecule has 4 nitrogen and oxygen atoms in total. The van der Waals surface area contributed by atoms with Gasteiger partial charge in [0.1, 0.15) is 0 Å². The van der Waals surface area contributed by atoms with Crippen molar-refractivity contribution in [2.45, 2.75) is 26.4 Å². The van der Waals surface area contributed by atoms with Gasteiger partial charge in [-0.1, -0.05) is 13.8 Å². The van der Waals surface area contributed by atoms with E-state index in [1.54, 1.807) is 0 Å². The van der Waals surface area contributed by atoms with Crippen molar-refractivity contribution in [3.05, 3.63) is 0 Å². The van der Waals surface area contributed by atoms with E-state index in [4.69, 9.17) is 5.11 Å². The minimum Gasteiger partial charge on any atom is -0.479 e. The van der Waals surface area contributed by atoms with Crippen molar-refractivity contribution in [2.24, 2.45) is 5.92 Å². The van der Waals surface area contributed by atoms with Gasteiger partial charge in [-0.25, -0.2) is 4.79 Å². The van der Waals surface area contributed by atoms with E-state index in [0.29, 0.717) is 0 Å². The zero-order chi connectivity index (χ0) is 9.23. The molecule has 4 heteroatoms. The largest absolute Gasteiger partial charge is 0.479 e. The molecule has 0 rings (SSSR count). The van der Waals surface area contributed by atoms with Crippen molar-refractivity contribution in [1.82, 2.24) is 0 Å². The van der Waals surface area contributed by atoms with Gasteiger partial charge in [-0.15, -0.1) is 0 Å². The van der Waals surface area contributed by atoms with Crippen LogP contribution in [0.15, 0.2) is 0 Å². The first-order chi connectivity index (χ1) is 4.83. The lowest BCUT2D eigenvalue weighted by Gasteiger charge is -2.23. The summed E-state index contributed by atoms with van der Waals surface area (Å²) in [6, 6.07) is 0. The molecule has 11 heavy (non-hydrogen) atoms. The van der Waals surface area contributed by atoms with Crippen LogP contribution in [-0.2, 0) is 9.59 Å². The average molecular weight is 160 g/mol. The maximum Gasteiger partial charge on any atom is 0.343 e. The molecule has 0 spiro atoms. The molecule has 0 aromatic rings. The highest BCUT2D eigenvalue weighted by Crippen LogP contribution is 2.17. The molecule has 0 aromatic heterocycles. The Labute approximate surface area is 64.8 Å². The Bertz CT molecular complexity index is 169.